The molecule has 1 radical (unpaired) electrons. The molecule has 0 saturated carbocycles. The van der Waals surface area contributed by atoms with E-state index in [0.717, 1.165) is 0 Å². The normalized spacial score (nSPS) is 20.3. The molecule has 0 fully saturated rings. The van der Waals surface area contributed by atoms with Gasteiger partial charge in [-0.05, 0) is 6.42 Å². The molecule has 0 bridgehead atoms. The third kappa shape index (κ3) is 3.59. The van der Waals surface area contributed by atoms with Crippen molar-refractivity contribution < 1.29 is 51.0 Å². The van der Waals surface area contributed by atoms with Gasteiger partial charge in [0.25, 0.3) is 0 Å². The molecule has 1 aromatic rings. The average Bonchev–Trinajstić information content (AvgIpc) is 2.74. The molecular weight excluding hydrogens is 342 g/mol. The minimum Gasteiger partial charge on any atom is -1.00 e. The fraction of sp³-hybridized carbons (Fsp3) is 0.333. The molecule has 0 nitrogen and oxygen atoms in total. The van der Waals surface area contributed by atoms with E-state index in [-0.39, 0.29) is 51.0 Å². The van der Waals surface area contributed by atoms with Crippen LogP contribution in [0.2, 0.25) is 0 Å². The second-order valence-corrected chi connectivity index (χ2v) is 4.41. The smallest absolute Gasteiger partial charge is 1.00 e. The zero-order valence-corrected chi connectivity index (χ0v) is 14.1. The Labute approximate surface area is 141 Å². The monoisotopic (exact) mass is 355 g/mol. The summed E-state index contributed by atoms with van der Waals surface area (Å²) >= 11 is 0. The summed E-state index contributed by atoms with van der Waals surface area (Å²) in [6.07, 6.45) is 11.0. The molecule has 0 heterocycles. The van der Waals surface area contributed by atoms with Crippen LogP contribution in [-0.4, -0.2) is 0 Å². The quantitative estimate of drug-likeness (QED) is 0.511. The zero-order chi connectivity index (χ0) is 10.1. The van der Waals surface area contributed by atoms with Gasteiger partial charge in [0.1, 0.15) is 0 Å². The van der Waals surface area contributed by atoms with Crippen LogP contribution >= 0.6 is 0 Å². The van der Waals surface area contributed by atoms with Crippen molar-refractivity contribution in [2.75, 3.05) is 0 Å². The van der Waals surface area contributed by atoms with Gasteiger partial charge in [0.15, 0.2) is 0 Å². The number of hydrogen-bond acceptors (Lipinski definition) is 0. The molecule has 1 atom stereocenters. The molecule has 3 heteroatoms. The van der Waals surface area contributed by atoms with Crippen LogP contribution in [0.1, 0.15) is 37.2 Å². The Hall–Kier alpha value is 0.163. The maximum atomic E-state index is 3.52. The largest absolute Gasteiger partial charge is 3.00 e. The Bertz CT molecular complexity index is 423. The summed E-state index contributed by atoms with van der Waals surface area (Å²) in [7, 11) is 0. The predicted molar refractivity (Wildman–Crippen MR) is 62.5 cm³/mol. The van der Waals surface area contributed by atoms with Gasteiger partial charge in [-0.15, -0.1) is 0 Å². The fourth-order valence-corrected chi connectivity index (χ4v) is 2.67. The molecule has 0 saturated heterocycles. The van der Waals surface area contributed by atoms with Gasteiger partial charge in [0.05, 0.1) is 0 Å². The van der Waals surface area contributed by atoms with Crippen LogP contribution in [0.15, 0.2) is 47.6 Å². The summed E-state index contributed by atoms with van der Waals surface area (Å²) < 4.78 is 0. The summed E-state index contributed by atoms with van der Waals surface area (Å²) in [6, 6.07) is 10.8. The van der Waals surface area contributed by atoms with Crippen LogP contribution in [0.3, 0.4) is 0 Å². The molecule has 2 aliphatic rings. The minimum atomic E-state index is 0. The Morgan fingerprint density at radius 1 is 0.944 bits per heavy atom. The van der Waals surface area contributed by atoms with E-state index < -0.39 is 0 Å². The number of rotatable bonds is 1. The van der Waals surface area contributed by atoms with Crippen LogP contribution < -0.4 is 24.8 Å². The maximum absolute atomic E-state index is 3.52. The fourth-order valence-electron chi connectivity index (χ4n) is 2.67. The third-order valence-corrected chi connectivity index (χ3v) is 3.46. The Morgan fingerprint density at radius 2 is 1.61 bits per heavy atom. The van der Waals surface area contributed by atoms with Gasteiger partial charge in [0, 0.05) is 0 Å². The van der Waals surface area contributed by atoms with Crippen molar-refractivity contribution in [2.24, 2.45) is 0 Å². The van der Waals surface area contributed by atoms with Gasteiger partial charge in [-0.2, -0.15) is 11.1 Å². The molecule has 3 rings (SSSR count). The topological polar surface area (TPSA) is 0 Å². The Kier molecular flexibility index (Phi) is 8.43. The minimum absolute atomic E-state index is 0. The van der Waals surface area contributed by atoms with Crippen LogP contribution in [0.25, 0.3) is 0 Å². The van der Waals surface area contributed by atoms with Crippen LogP contribution in [0.5, 0.6) is 0 Å². The molecule has 0 amide bonds. The van der Waals surface area contributed by atoms with Crippen molar-refractivity contribution in [1.29, 1.82) is 0 Å². The second-order valence-electron chi connectivity index (χ2n) is 4.41. The van der Waals surface area contributed by atoms with Gasteiger partial charge < -0.3 is 24.8 Å². The zero-order valence-electron chi connectivity index (χ0n) is 10.1. The van der Waals surface area contributed by atoms with Crippen molar-refractivity contribution in [3.05, 3.63) is 59.2 Å². The number of halogens is 2. The molecule has 93 valence electrons. The van der Waals surface area contributed by atoms with E-state index in [4.69, 9.17) is 0 Å². The van der Waals surface area contributed by atoms with E-state index in [9.17, 15) is 0 Å². The molecule has 0 N–H and O–H groups in total. The first-order chi connectivity index (χ1) is 7.45. The first kappa shape index (κ1) is 18.2. The SMILES string of the molecule is [C-]1=CC2=C(CCCC2)C1c1ccccc1.[Cl-].[Cl-].[Zr+3]. The van der Waals surface area contributed by atoms with E-state index in [0.29, 0.717) is 5.92 Å². The van der Waals surface area contributed by atoms with Crippen molar-refractivity contribution in [3.8, 4) is 0 Å². The first-order valence-corrected chi connectivity index (χ1v) is 5.81. The second kappa shape index (κ2) is 8.36. The molecule has 1 unspecified atom stereocenters. The number of hydrogen-bond donors (Lipinski definition) is 0. The van der Waals surface area contributed by atoms with Gasteiger partial charge in [-0.25, -0.2) is 6.08 Å². The van der Waals surface area contributed by atoms with Crippen molar-refractivity contribution in [1.82, 2.24) is 0 Å². The van der Waals surface area contributed by atoms with Crippen molar-refractivity contribution >= 4 is 0 Å². The van der Waals surface area contributed by atoms with Crippen molar-refractivity contribution in [3.63, 3.8) is 0 Å². The predicted octanol–water partition coefficient (Wildman–Crippen LogP) is -1.98. The van der Waals surface area contributed by atoms with Crippen LogP contribution in [0.4, 0.5) is 0 Å². The van der Waals surface area contributed by atoms with Gasteiger partial charge in [0.2, 0.25) is 0 Å². The van der Waals surface area contributed by atoms with E-state index in [2.05, 4.69) is 42.5 Å². The molecule has 0 spiro atoms. The standard InChI is InChI=1S/C15H15.2ClH.Zr/c1-2-6-12(7-3-1)15-11-10-13-8-4-5-9-14(13)15;;;/h1-3,6-7,10,15H,4-5,8-9H2;2*1H;/q-1;;;+3/p-2. The summed E-state index contributed by atoms with van der Waals surface area (Å²) in [5.41, 5.74) is 4.60. The summed E-state index contributed by atoms with van der Waals surface area (Å²) in [5, 5.41) is 0. The summed E-state index contributed by atoms with van der Waals surface area (Å²) in [6.45, 7) is 0. The average molecular weight is 357 g/mol. The molecule has 1 aromatic carbocycles. The Morgan fingerprint density at radius 3 is 2.33 bits per heavy atom. The van der Waals surface area contributed by atoms with Gasteiger partial charge >= 0.3 is 26.2 Å². The number of benzene rings is 1. The van der Waals surface area contributed by atoms with E-state index >= 15 is 0 Å². The number of allylic oxidation sites excluding steroid dienone is 4. The summed E-state index contributed by atoms with van der Waals surface area (Å²) in [4.78, 5) is 0. The maximum Gasteiger partial charge on any atom is 3.00 e. The molecule has 2 aliphatic carbocycles. The first-order valence-electron chi connectivity index (χ1n) is 5.81. The van der Waals surface area contributed by atoms with Crippen LogP contribution in [-0.2, 0) is 26.2 Å². The Balaban J connectivity index is 0.000000963. The molecule has 0 aliphatic heterocycles. The van der Waals surface area contributed by atoms with Gasteiger partial charge in [-0.3, -0.25) is 6.08 Å². The van der Waals surface area contributed by atoms with E-state index in [1.807, 2.05) is 0 Å². The molecular formula is C15H15Cl2Zr. The molecule has 0 aromatic heterocycles. The van der Waals surface area contributed by atoms with E-state index in [1.165, 1.54) is 31.2 Å². The third-order valence-electron chi connectivity index (χ3n) is 3.46. The van der Waals surface area contributed by atoms with Crippen molar-refractivity contribution in [2.45, 2.75) is 31.6 Å². The van der Waals surface area contributed by atoms with Crippen LogP contribution in [0, 0.1) is 6.08 Å². The van der Waals surface area contributed by atoms with E-state index in [1.54, 1.807) is 11.1 Å². The molecule has 18 heavy (non-hydrogen) atoms. The van der Waals surface area contributed by atoms with Gasteiger partial charge in [-0.1, -0.05) is 61.1 Å². The summed E-state index contributed by atoms with van der Waals surface area (Å²) in [5.74, 6) is 0.460.